The number of nitrogen functional groups attached to an aromatic ring is 1. The van der Waals surface area contributed by atoms with Gasteiger partial charge in [0, 0.05) is 12.2 Å². The highest BCUT2D eigenvalue weighted by molar-refractivity contribution is 5.46. The fourth-order valence-corrected chi connectivity index (χ4v) is 2.26. The maximum atomic E-state index is 6.03. The molecule has 0 radical (unpaired) electrons. The quantitative estimate of drug-likeness (QED) is 0.685. The smallest absolute Gasteiger partial charge is 0.0347 e. The number of hydrogen-bond donors (Lipinski definition) is 1. The molecule has 0 saturated carbocycles. The van der Waals surface area contributed by atoms with E-state index in [1.807, 2.05) is 12.1 Å². The highest BCUT2D eigenvalue weighted by atomic mass is 15.1. The lowest BCUT2D eigenvalue weighted by atomic mass is 10.1. The highest BCUT2D eigenvalue weighted by Crippen LogP contribution is 2.13. The summed E-state index contributed by atoms with van der Waals surface area (Å²) in [5.41, 5.74) is 8.25. The molecule has 2 nitrogen and oxygen atoms in total. The molecule has 2 heteroatoms. The second kappa shape index (κ2) is 9.02. The second-order valence-corrected chi connectivity index (χ2v) is 6.66. The second-order valence-electron chi connectivity index (χ2n) is 6.66. The van der Waals surface area contributed by atoms with Gasteiger partial charge in [0.15, 0.2) is 0 Å². The van der Waals surface area contributed by atoms with Crippen molar-refractivity contribution in [3.8, 4) is 0 Å². The van der Waals surface area contributed by atoms with E-state index in [0.717, 1.165) is 30.5 Å². The van der Waals surface area contributed by atoms with Crippen LogP contribution >= 0.6 is 0 Å². The van der Waals surface area contributed by atoms with Gasteiger partial charge in [-0.25, -0.2) is 0 Å². The summed E-state index contributed by atoms with van der Waals surface area (Å²) in [6.07, 6.45) is 3.62. The van der Waals surface area contributed by atoms with Crippen LogP contribution in [0, 0.1) is 11.8 Å². The van der Waals surface area contributed by atoms with E-state index < -0.39 is 0 Å². The monoisotopic (exact) mass is 276 g/mol. The molecule has 1 rings (SSSR count). The van der Waals surface area contributed by atoms with Crippen LogP contribution in [0.2, 0.25) is 0 Å². The van der Waals surface area contributed by atoms with Gasteiger partial charge in [-0.2, -0.15) is 0 Å². The number of rotatable bonds is 9. The maximum absolute atomic E-state index is 6.03. The Morgan fingerprint density at radius 2 is 1.45 bits per heavy atom. The highest BCUT2D eigenvalue weighted by Gasteiger charge is 2.08. The van der Waals surface area contributed by atoms with Gasteiger partial charge < -0.3 is 10.6 Å². The number of nitrogens with zero attached hydrogens (tertiary/aromatic N) is 1. The van der Waals surface area contributed by atoms with Gasteiger partial charge in [0.05, 0.1) is 0 Å². The molecule has 0 fully saturated rings. The molecule has 1 aromatic rings. The summed E-state index contributed by atoms with van der Waals surface area (Å²) >= 11 is 0. The zero-order chi connectivity index (χ0) is 15.0. The molecule has 0 saturated heterocycles. The molecular weight excluding hydrogens is 244 g/mol. The van der Waals surface area contributed by atoms with Crippen molar-refractivity contribution < 1.29 is 0 Å². The van der Waals surface area contributed by atoms with Crippen LogP contribution in [0.1, 0.15) is 46.1 Å². The molecule has 0 aliphatic heterocycles. The zero-order valence-corrected chi connectivity index (χ0v) is 13.7. The van der Waals surface area contributed by atoms with E-state index in [1.165, 1.54) is 31.5 Å². The van der Waals surface area contributed by atoms with Crippen LogP contribution in [-0.4, -0.2) is 24.5 Å². The van der Waals surface area contributed by atoms with Crippen molar-refractivity contribution in [3.05, 3.63) is 29.8 Å². The van der Waals surface area contributed by atoms with E-state index in [0.29, 0.717) is 0 Å². The van der Waals surface area contributed by atoms with Crippen molar-refractivity contribution in [1.29, 1.82) is 0 Å². The van der Waals surface area contributed by atoms with Crippen LogP contribution in [0.5, 0.6) is 0 Å². The molecule has 0 spiro atoms. The van der Waals surface area contributed by atoms with Gasteiger partial charge in [-0.15, -0.1) is 0 Å². The Labute approximate surface area is 125 Å². The molecular formula is C18H32N2. The molecule has 0 atom stereocenters. The fourth-order valence-electron chi connectivity index (χ4n) is 2.26. The minimum Gasteiger partial charge on any atom is -0.399 e. The fraction of sp³-hybridized carbons (Fsp3) is 0.667. The number of para-hydroxylation sites is 1. The third-order valence-corrected chi connectivity index (χ3v) is 3.80. The van der Waals surface area contributed by atoms with Crippen molar-refractivity contribution in [3.63, 3.8) is 0 Å². The lowest BCUT2D eigenvalue weighted by molar-refractivity contribution is 0.246. The summed E-state index contributed by atoms with van der Waals surface area (Å²) in [5.74, 6) is 1.55. The largest absolute Gasteiger partial charge is 0.399 e. The van der Waals surface area contributed by atoms with E-state index in [-0.39, 0.29) is 0 Å². The lowest BCUT2D eigenvalue weighted by Gasteiger charge is -2.24. The first-order chi connectivity index (χ1) is 9.49. The van der Waals surface area contributed by atoms with Gasteiger partial charge >= 0.3 is 0 Å². The summed E-state index contributed by atoms with van der Waals surface area (Å²) in [6, 6.07) is 8.24. The van der Waals surface area contributed by atoms with Gasteiger partial charge in [0.2, 0.25) is 0 Å². The van der Waals surface area contributed by atoms with E-state index >= 15 is 0 Å². The molecule has 114 valence electrons. The van der Waals surface area contributed by atoms with E-state index in [9.17, 15) is 0 Å². The van der Waals surface area contributed by atoms with Crippen LogP contribution in [-0.2, 0) is 6.42 Å². The molecule has 1 aromatic carbocycles. The van der Waals surface area contributed by atoms with Crippen LogP contribution < -0.4 is 5.73 Å². The summed E-state index contributed by atoms with van der Waals surface area (Å²) < 4.78 is 0. The maximum Gasteiger partial charge on any atom is 0.0347 e. The number of anilines is 1. The van der Waals surface area contributed by atoms with Crippen molar-refractivity contribution in [2.45, 2.75) is 47.0 Å². The van der Waals surface area contributed by atoms with Crippen LogP contribution in [0.4, 0.5) is 5.69 Å². The molecule has 0 amide bonds. The van der Waals surface area contributed by atoms with Crippen molar-refractivity contribution in [1.82, 2.24) is 4.90 Å². The Kier molecular flexibility index (Phi) is 7.68. The molecule has 0 unspecified atom stereocenters. The summed E-state index contributed by atoms with van der Waals surface area (Å²) in [5, 5.41) is 0. The van der Waals surface area contributed by atoms with E-state index in [4.69, 9.17) is 5.73 Å². The first kappa shape index (κ1) is 17.0. The van der Waals surface area contributed by atoms with Crippen LogP contribution in [0.15, 0.2) is 24.3 Å². The Morgan fingerprint density at radius 1 is 0.900 bits per heavy atom. The van der Waals surface area contributed by atoms with Gasteiger partial charge in [0.1, 0.15) is 0 Å². The molecule has 20 heavy (non-hydrogen) atoms. The molecule has 0 aliphatic carbocycles. The third-order valence-electron chi connectivity index (χ3n) is 3.80. The van der Waals surface area contributed by atoms with Crippen LogP contribution in [0.3, 0.4) is 0 Å². The van der Waals surface area contributed by atoms with Crippen LogP contribution in [0.25, 0.3) is 0 Å². The summed E-state index contributed by atoms with van der Waals surface area (Å²) in [7, 11) is 0. The van der Waals surface area contributed by atoms with Crippen molar-refractivity contribution in [2.75, 3.05) is 25.4 Å². The SMILES string of the molecule is CC(C)CCN(CCc1ccccc1N)CCC(C)C. The standard InChI is InChI=1S/C18H32N2/c1-15(2)9-12-20(13-10-16(3)4)14-11-17-7-5-6-8-18(17)19/h5-8,15-16H,9-14,19H2,1-4H3. The predicted octanol–water partition coefficient (Wildman–Crippen LogP) is 4.21. The minimum atomic E-state index is 0.776. The molecule has 2 N–H and O–H groups in total. The summed E-state index contributed by atoms with van der Waals surface area (Å²) in [6.45, 7) is 12.7. The van der Waals surface area contributed by atoms with E-state index in [2.05, 4.69) is 44.7 Å². The van der Waals surface area contributed by atoms with Crippen molar-refractivity contribution >= 4 is 5.69 Å². The Balaban J connectivity index is 2.48. The Hall–Kier alpha value is -1.02. The van der Waals surface area contributed by atoms with E-state index in [1.54, 1.807) is 0 Å². The first-order valence-electron chi connectivity index (χ1n) is 8.04. The minimum absolute atomic E-state index is 0.776. The first-order valence-corrected chi connectivity index (χ1v) is 8.04. The molecule has 0 aliphatic rings. The topological polar surface area (TPSA) is 29.3 Å². The average molecular weight is 276 g/mol. The van der Waals surface area contributed by atoms with Gasteiger partial charge in [-0.3, -0.25) is 0 Å². The zero-order valence-electron chi connectivity index (χ0n) is 13.7. The lowest BCUT2D eigenvalue weighted by Crippen LogP contribution is -2.30. The average Bonchev–Trinajstić information content (AvgIpc) is 2.39. The number of hydrogen-bond acceptors (Lipinski definition) is 2. The molecule has 0 heterocycles. The Morgan fingerprint density at radius 3 is 1.95 bits per heavy atom. The number of benzene rings is 1. The van der Waals surface area contributed by atoms with Gasteiger partial charge in [-0.05, 0) is 55.8 Å². The van der Waals surface area contributed by atoms with Gasteiger partial charge in [-0.1, -0.05) is 45.9 Å². The third kappa shape index (κ3) is 6.95. The Bertz CT molecular complexity index is 359. The van der Waals surface area contributed by atoms with Crippen molar-refractivity contribution in [2.24, 2.45) is 11.8 Å². The molecule has 0 bridgehead atoms. The normalized spacial score (nSPS) is 11.8. The van der Waals surface area contributed by atoms with Gasteiger partial charge in [0.25, 0.3) is 0 Å². The predicted molar refractivity (Wildman–Crippen MR) is 89.9 cm³/mol. The summed E-state index contributed by atoms with van der Waals surface area (Å²) in [4.78, 5) is 2.60. The number of nitrogens with two attached hydrogens (primary N) is 1. The molecule has 0 aromatic heterocycles.